The number of likely N-dealkylation sites (tertiary alicyclic amines) is 1. The van der Waals surface area contributed by atoms with Crippen LogP contribution in [0.25, 0.3) is 0 Å². The lowest BCUT2D eigenvalue weighted by Gasteiger charge is -2.30. The van der Waals surface area contributed by atoms with Crippen LogP contribution in [0.5, 0.6) is 0 Å². The quantitative estimate of drug-likeness (QED) is 0.289. The Bertz CT molecular complexity index is 1450. The van der Waals surface area contributed by atoms with E-state index in [0.717, 1.165) is 4.90 Å². The summed E-state index contributed by atoms with van der Waals surface area (Å²) in [7, 11) is 1.22. The van der Waals surface area contributed by atoms with Crippen LogP contribution in [0.3, 0.4) is 0 Å². The number of carboxylic acids is 1. The summed E-state index contributed by atoms with van der Waals surface area (Å²) in [5.74, 6) is -4.94. The Morgan fingerprint density at radius 1 is 0.950 bits per heavy atom. The number of urea groups is 1. The lowest BCUT2D eigenvalue weighted by Crippen LogP contribution is -2.47. The Labute approximate surface area is 228 Å². The first-order valence-electron chi connectivity index (χ1n) is 12.3. The van der Waals surface area contributed by atoms with Gasteiger partial charge in [-0.1, -0.05) is 54.6 Å². The molecule has 1 fully saturated rings. The molecular weight excluding hydrogens is 521 g/mol. The van der Waals surface area contributed by atoms with Crippen LogP contribution in [-0.2, 0) is 14.3 Å². The van der Waals surface area contributed by atoms with Gasteiger partial charge < -0.3 is 25.4 Å². The van der Waals surface area contributed by atoms with E-state index in [1.807, 2.05) is 0 Å². The van der Waals surface area contributed by atoms with Gasteiger partial charge in [0.05, 0.1) is 25.3 Å². The van der Waals surface area contributed by atoms with Crippen molar-refractivity contribution >= 4 is 35.3 Å². The highest BCUT2D eigenvalue weighted by molar-refractivity contribution is 6.01. The summed E-state index contributed by atoms with van der Waals surface area (Å²) in [6.07, 6.45) is -0.236. The molecule has 0 aliphatic carbocycles. The summed E-state index contributed by atoms with van der Waals surface area (Å²) in [5.41, 5.74) is 0.742. The van der Waals surface area contributed by atoms with E-state index in [9.17, 15) is 29.1 Å². The van der Waals surface area contributed by atoms with Gasteiger partial charge in [0.15, 0.2) is 5.78 Å². The Kier molecular flexibility index (Phi) is 8.53. The molecule has 10 nitrogen and oxygen atoms in total. The van der Waals surface area contributed by atoms with Crippen molar-refractivity contribution in [2.24, 2.45) is 5.92 Å². The number of benzene rings is 3. The van der Waals surface area contributed by atoms with Crippen LogP contribution in [0.2, 0.25) is 0 Å². The zero-order chi connectivity index (χ0) is 28.8. The standard InChI is InChI=1S/C29H26FN3O7/c1-40-28(38)18-10-7-11-19(14-18)32-29(39)31-16-24(34)33-23(27(36)37)15-21(26(35)17-8-3-2-4-9-17)25(33)20-12-5-6-13-22(20)30/h2-14,21,23,25H,15-16H2,1H3,(H,36,37)(H2,31,32,39). The van der Waals surface area contributed by atoms with E-state index >= 15 is 4.39 Å². The monoisotopic (exact) mass is 547 g/mol. The number of carboxylic acid groups (broad SMARTS) is 1. The number of halogens is 1. The summed E-state index contributed by atoms with van der Waals surface area (Å²) >= 11 is 0. The molecule has 40 heavy (non-hydrogen) atoms. The highest BCUT2D eigenvalue weighted by Gasteiger charge is 2.51. The van der Waals surface area contributed by atoms with Gasteiger partial charge in [0.1, 0.15) is 11.9 Å². The topological polar surface area (TPSA) is 142 Å². The van der Waals surface area contributed by atoms with E-state index in [1.54, 1.807) is 30.3 Å². The van der Waals surface area contributed by atoms with E-state index in [-0.39, 0.29) is 23.2 Å². The molecule has 4 rings (SSSR count). The van der Waals surface area contributed by atoms with E-state index in [0.29, 0.717) is 5.56 Å². The van der Waals surface area contributed by atoms with E-state index in [2.05, 4.69) is 15.4 Å². The molecule has 11 heteroatoms. The van der Waals surface area contributed by atoms with Crippen molar-refractivity contribution in [3.8, 4) is 0 Å². The molecule has 0 radical (unpaired) electrons. The zero-order valence-electron chi connectivity index (χ0n) is 21.4. The summed E-state index contributed by atoms with van der Waals surface area (Å²) in [4.78, 5) is 64.4. The second kappa shape index (κ2) is 12.2. The first kappa shape index (κ1) is 28.0. The van der Waals surface area contributed by atoms with Crippen LogP contribution >= 0.6 is 0 Å². The fourth-order valence-corrected chi connectivity index (χ4v) is 4.83. The first-order chi connectivity index (χ1) is 19.2. The summed E-state index contributed by atoms with van der Waals surface area (Å²) < 4.78 is 19.7. The number of ketones is 1. The lowest BCUT2D eigenvalue weighted by molar-refractivity contribution is -0.149. The fourth-order valence-electron chi connectivity index (χ4n) is 4.83. The maximum Gasteiger partial charge on any atom is 0.337 e. The maximum absolute atomic E-state index is 15.0. The Hall–Kier alpha value is -5.06. The molecule has 3 atom stereocenters. The van der Waals surface area contributed by atoms with Crippen molar-refractivity contribution in [2.45, 2.75) is 18.5 Å². The second-order valence-corrected chi connectivity index (χ2v) is 9.07. The molecule has 3 N–H and O–H groups in total. The molecule has 1 saturated heterocycles. The zero-order valence-corrected chi connectivity index (χ0v) is 21.4. The minimum Gasteiger partial charge on any atom is -0.480 e. The van der Waals surface area contributed by atoms with Crippen LogP contribution in [0.4, 0.5) is 14.9 Å². The molecule has 3 unspecified atom stereocenters. The van der Waals surface area contributed by atoms with E-state index in [4.69, 9.17) is 0 Å². The minimum absolute atomic E-state index is 0.00189. The van der Waals surface area contributed by atoms with Gasteiger partial charge in [-0.2, -0.15) is 0 Å². The highest BCUT2D eigenvalue weighted by atomic mass is 19.1. The van der Waals surface area contributed by atoms with Crippen molar-refractivity contribution in [1.29, 1.82) is 0 Å². The van der Waals surface area contributed by atoms with Crippen molar-refractivity contribution < 1.29 is 38.2 Å². The number of esters is 1. The van der Waals surface area contributed by atoms with Crippen LogP contribution in [0.1, 0.15) is 38.7 Å². The molecule has 1 heterocycles. The number of hydrogen-bond donors (Lipinski definition) is 3. The maximum atomic E-state index is 15.0. The number of carbonyl (C=O) groups is 5. The highest BCUT2D eigenvalue weighted by Crippen LogP contribution is 2.43. The molecule has 0 spiro atoms. The average Bonchev–Trinajstić information content (AvgIpc) is 3.37. The molecule has 0 aromatic heterocycles. The van der Waals surface area contributed by atoms with Gasteiger partial charge in [0.2, 0.25) is 5.91 Å². The van der Waals surface area contributed by atoms with Gasteiger partial charge in [-0.05, 0) is 30.7 Å². The molecule has 3 amide bonds. The smallest absolute Gasteiger partial charge is 0.337 e. The Balaban J connectivity index is 1.58. The van der Waals surface area contributed by atoms with Crippen LogP contribution in [0.15, 0.2) is 78.9 Å². The van der Waals surface area contributed by atoms with Crippen molar-refractivity contribution in [1.82, 2.24) is 10.2 Å². The van der Waals surface area contributed by atoms with Gasteiger partial charge >= 0.3 is 18.0 Å². The van der Waals surface area contributed by atoms with Crippen LogP contribution in [0, 0.1) is 11.7 Å². The number of aliphatic carboxylic acids is 1. The largest absolute Gasteiger partial charge is 0.480 e. The van der Waals surface area contributed by atoms with Gasteiger partial charge in [0, 0.05) is 22.7 Å². The number of amides is 3. The van der Waals surface area contributed by atoms with Crippen molar-refractivity contribution in [2.75, 3.05) is 19.0 Å². The molecule has 3 aromatic rings. The third kappa shape index (κ3) is 5.98. The Morgan fingerprint density at radius 3 is 2.30 bits per heavy atom. The fraction of sp³-hybridized carbons (Fsp3) is 0.207. The minimum atomic E-state index is -1.43. The number of rotatable bonds is 8. The summed E-state index contributed by atoms with van der Waals surface area (Å²) in [5, 5.41) is 14.8. The van der Waals surface area contributed by atoms with Crippen molar-refractivity contribution in [3.63, 3.8) is 0 Å². The van der Waals surface area contributed by atoms with Gasteiger partial charge in [-0.25, -0.2) is 18.8 Å². The van der Waals surface area contributed by atoms with Gasteiger partial charge in [-0.3, -0.25) is 9.59 Å². The SMILES string of the molecule is COC(=O)c1cccc(NC(=O)NCC(=O)N2C(C(=O)O)CC(C(=O)c3ccccc3)C2c2ccccc2F)c1. The average molecular weight is 548 g/mol. The normalized spacial score (nSPS) is 18.1. The van der Waals surface area contributed by atoms with E-state index in [1.165, 1.54) is 55.6 Å². The number of anilines is 1. The third-order valence-electron chi connectivity index (χ3n) is 6.63. The summed E-state index contributed by atoms with van der Waals surface area (Å²) in [6, 6.07) is 16.2. The van der Waals surface area contributed by atoms with Crippen LogP contribution in [-0.4, -0.2) is 59.4 Å². The third-order valence-corrected chi connectivity index (χ3v) is 6.63. The molecule has 3 aromatic carbocycles. The molecule has 206 valence electrons. The Morgan fingerprint density at radius 2 is 1.62 bits per heavy atom. The molecule has 1 aliphatic rings. The number of methoxy groups -OCH3 is 1. The predicted octanol–water partition coefficient (Wildman–Crippen LogP) is 3.66. The second-order valence-electron chi connectivity index (χ2n) is 9.07. The van der Waals surface area contributed by atoms with E-state index < -0.39 is 60.0 Å². The molecule has 0 saturated carbocycles. The van der Waals surface area contributed by atoms with Gasteiger partial charge in [0.25, 0.3) is 0 Å². The number of nitrogens with one attached hydrogen (secondary N) is 2. The molecule has 1 aliphatic heterocycles. The summed E-state index contributed by atoms with van der Waals surface area (Å²) in [6.45, 7) is -0.635. The predicted molar refractivity (Wildman–Crippen MR) is 141 cm³/mol. The number of Topliss-reactive ketones (excluding diaryl/α,β-unsaturated/α-hetero) is 1. The van der Waals surface area contributed by atoms with Crippen molar-refractivity contribution in [3.05, 3.63) is 101 Å². The van der Waals surface area contributed by atoms with Crippen LogP contribution < -0.4 is 10.6 Å². The van der Waals surface area contributed by atoms with Gasteiger partial charge in [-0.15, -0.1) is 0 Å². The number of nitrogens with zero attached hydrogens (tertiary/aromatic N) is 1. The molecule has 0 bridgehead atoms. The first-order valence-corrected chi connectivity index (χ1v) is 12.3. The number of ether oxygens (including phenoxy) is 1. The molecular formula is C29H26FN3O7. The number of hydrogen-bond acceptors (Lipinski definition) is 6. The lowest BCUT2D eigenvalue weighted by atomic mass is 9.86. The number of carbonyl (C=O) groups excluding carboxylic acids is 4.